The van der Waals surface area contributed by atoms with Crippen LogP contribution in [0.3, 0.4) is 0 Å². The fourth-order valence-corrected chi connectivity index (χ4v) is 4.47. The van der Waals surface area contributed by atoms with Crippen molar-refractivity contribution < 1.29 is 9.72 Å². The summed E-state index contributed by atoms with van der Waals surface area (Å²) in [7, 11) is 0. The first-order valence-corrected chi connectivity index (χ1v) is 9.47. The van der Waals surface area contributed by atoms with Gasteiger partial charge in [-0.3, -0.25) is 19.7 Å². The monoisotopic (exact) mass is 397 g/mol. The number of amides is 1. The fraction of sp³-hybridized carbons (Fsp3) is 0.222. The normalized spacial score (nSPS) is 13.6. The standard InChI is InChI=1S/C18H15N5O4S/c24-16-14-12-6-1-2-7-13(12)28-18(14)21-15(20-16)17(25)22-19-9-10-4-3-5-11(8-10)23(26)27/h3-5,8-9H,1-2,6-7H2,(H,22,25)(H,20,21,24)/b19-9+. The van der Waals surface area contributed by atoms with Crippen molar-refractivity contribution in [2.45, 2.75) is 25.7 Å². The second-order valence-corrected chi connectivity index (χ2v) is 7.44. The molecule has 0 bridgehead atoms. The number of aryl methyl sites for hydroxylation is 2. The number of nitro benzene ring substituents is 1. The molecule has 28 heavy (non-hydrogen) atoms. The number of H-pyrrole nitrogens is 1. The van der Waals surface area contributed by atoms with E-state index in [1.165, 1.54) is 40.6 Å². The molecule has 142 valence electrons. The minimum absolute atomic E-state index is 0.0756. The van der Waals surface area contributed by atoms with Crippen molar-refractivity contribution in [3.63, 3.8) is 0 Å². The molecule has 0 saturated heterocycles. The largest absolute Gasteiger partial charge is 0.307 e. The van der Waals surface area contributed by atoms with Gasteiger partial charge in [0.15, 0.2) is 0 Å². The number of nitrogens with one attached hydrogen (secondary N) is 2. The maximum absolute atomic E-state index is 12.5. The minimum Gasteiger partial charge on any atom is -0.302 e. The Balaban J connectivity index is 1.55. The van der Waals surface area contributed by atoms with Crippen LogP contribution in [0.4, 0.5) is 5.69 Å². The van der Waals surface area contributed by atoms with Crippen LogP contribution in [0.2, 0.25) is 0 Å². The van der Waals surface area contributed by atoms with Crippen molar-refractivity contribution >= 4 is 39.4 Å². The van der Waals surface area contributed by atoms with Gasteiger partial charge in [0.25, 0.3) is 11.2 Å². The summed E-state index contributed by atoms with van der Waals surface area (Å²) in [6.45, 7) is 0. The number of hydrogen-bond acceptors (Lipinski definition) is 7. The van der Waals surface area contributed by atoms with Crippen LogP contribution in [-0.4, -0.2) is 27.0 Å². The van der Waals surface area contributed by atoms with Gasteiger partial charge in [-0.15, -0.1) is 11.3 Å². The summed E-state index contributed by atoms with van der Waals surface area (Å²) in [6.07, 6.45) is 5.22. The molecule has 4 rings (SSSR count). The molecule has 9 nitrogen and oxygen atoms in total. The fourth-order valence-electron chi connectivity index (χ4n) is 3.21. The van der Waals surface area contributed by atoms with Gasteiger partial charge in [0.2, 0.25) is 5.82 Å². The smallest absolute Gasteiger partial charge is 0.302 e. The number of hydrazone groups is 1. The molecule has 0 atom stereocenters. The highest BCUT2D eigenvalue weighted by Gasteiger charge is 2.21. The first kappa shape index (κ1) is 18.0. The van der Waals surface area contributed by atoms with Crippen molar-refractivity contribution in [2.75, 3.05) is 0 Å². The Morgan fingerprint density at radius 2 is 2.18 bits per heavy atom. The van der Waals surface area contributed by atoms with E-state index in [1.807, 2.05) is 0 Å². The average molecular weight is 397 g/mol. The van der Waals surface area contributed by atoms with E-state index in [1.54, 1.807) is 6.07 Å². The highest BCUT2D eigenvalue weighted by molar-refractivity contribution is 7.18. The number of benzene rings is 1. The molecule has 0 spiro atoms. The van der Waals surface area contributed by atoms with Crippen LogP contribution in [0.25, 0.3) is 10.2 Å². The molecular formula is C18H15N5O4S. The Kier molecular flexibility index (Phi) is 4.70. The summed E-state index contributed by atoms with van der Waals surface area (Å²) in [6, 6.07) is 5.83. The van der Waals surface area contributed by atoms with Gasteiger partial charge in [0, 0.05) is 22.6 Å². The number of carbonyl (C=O) groups excluding carboxylic acids is 1. The first-order valence-electron chi connectivity index (χ1n) is 8.65. The summed E-state index contributed by atoms with van der Waals surface area (Å²) in [5.74, 6) is -0.778. The molecule has 2 aromatic heterocycles. The van der Waals surface area contributed by atoms with Crippen molar-refractivity contribution in [2.24, 2.45) is 5.10 Å². The Bertz CT molecular complexity index is 1180. The van der Waals surface area contributed by atoms with Crippen molar-refractivity contribution in [3.05, 3.63) is 66.6 Å². The third-order valence-corrected chi connectivity index (χ3v) is 5.69. The van der Waals surface area contributed by atoms with Crippen LogP contribution in [0, 0.1) is 10.1 Å². The lowest BCUT2D eigenvalue weighted by Gasteiger charge is -2.09. The Labute approximate surface area is 162 Å². The number of nitro groups is 1. The number of aromatic amines is 1. The van der Waals surface area contributed by atoms with E-state index in [4.69, 9.17) is 0 Å². The highest BCUT2D eigenvalue weighted by atomic mass is 32.1. The topological polar surface area (TPSA) is 130 Å². The van der Waals surface area contributed by atoms with E-state index in [0.717, 1.165) is 31.2 Å². The molecule has 0 fully saturated rings. The van der Waals surface area contributed by atoms with Crippen molar-refractivity contribution in [1.82, 2.24) is 15.4 Å². The molecule has 2 heterocycles. The number of carbonyl (C=O) groups is 1. The van der Waals surface area contributed by atoms with Gasteiger partial charge in [-0.25, -0.2) is 10.4 Å². The molecule has 1 aromatic carbocycles. The van der Waals surface area contributed by atoms with Crippen LogP contribution in [0.1, 0.15) is 39.5 Å². The molecule has 1 aliphatic carbocycles. The second-order valence-electron chi connectivity index (χ2n) is 6.36. The van der Waals surface area contributed by atoms with Gasteiger partial charge < -0.3 is 4.98 Å². The zero-order chi connectivity index (χ0) is 19.7. The Morgan fingerprint density at radius 1 is 1.36 bits per heavy atom. The number of nitrogens with zero attached hydrogens (tertiary/aromatic N) is 3. The number of non-ortho nitro benzene ring substituents is 1. The zero-order valence-corrected chi connectivity index (χ0v) is 15.4. The van der Waals surface area contributed by atoms with Gasteiger partial charge in [-0.05, 0) is 31.2 Å². The van der Waals surface area contributed by atoms with Gasteiger partial charge in [0.1, 0.15) is 4.83 Å². The maximum Gasteiger partial charge on any atom is 0.307 e. The van der Waals surface area contributed by atoms with Crippen LogP contribution < -0.4 is 11.0 Å². The van der Waals surface area contributed by atoms with E-state index in [-0.39, 0.29) is 17.1 Å². The number of thiophene rings is 1. The third-order valence-electron chi connectivity index (χ3n) is 4.50. The number of rotatable bonds is 4. The molecule has 1 amide bonds. The van der Waals surface area contributed by atoms with E-state index in [2.05, 4.69) is 20.5 Å². The van der Waals surface area contributed by atoms with Gasteiger partial charge >= 0.3 is 5.91 Å². The molecule has 3 aromatic rings. The van der Waals surface area contributed by atoms with E-state index < -0.39 is 10.8 Å². The van der Waals surface area contributed by atoms with Gasteiger partial charge in [-0.1, -0.05) is 12.1 Å². The molecule has 0 saturated carbocycles. The maximum atomic E-state index is 12.5. The Morgan fingerprint density at radius 3 is 3.00 bits per heavy atom. The van der Waals surface area contributed by atoms with Gasteiger partial charge in [-0.2, -0.15) is 5.10 Å². The minimum atomic E-state index is -0.660. The lowest BCUT2D eigenvalue weighted by Crippen LogP contribution is -2.24. The second kappa shape index (κ2) is 7.31. The molecule has 0 unspecified atom stereocenters. The Hall–Kier alpha value is -3.40. The molecule has 2 N–H and O–H groups in total. The summed E-state index contributed by atoms with van der Waals surface area (Å²) in [4.78, 5) is 43.6. The summed E-state index contributed by atoms with van der Waals surface area (Å²) < 4.78 is 0. The third kappa shape index (κ3) is 3.41. The quantitative estimate of drug-likeness (QED) is 0.397. The number of fused-ring (bicyclic) bond motifs is 3. The summed E-state index contributed by atoms with van der Waals surface area (Å²) >= 11 is 1.46. The van der Waals surface area contributed by atoms with Crippen molar-refractivity contribution in [3.8, 4) is 0 Å². The van der Waals surface area contributed by atoms with Crippen LogP contribution in [0.15, 0.2) is 34.2 Å². The predicted octanol–water partition coefficient (Wildman–Crippen LogP) is 2.54. The lowest BCUT2D eigenvalue weighted by atomic mass is 9.97. The van der Waals surface area contributed by atoms with Crippen LogP contribution in [-0.2, 0) is 12.8 Å². The molecular weight excluding hydrogens is 382 g/mol. The van der Waals surface area contributed by atoms with E-state index in [9.17, 15) is 19.7 Å². The highest BCUT2D eigenvalue weighted by Crippen LogP contribution is 2.33. The lowest BCUT2D eigenvalue weighted by molar-refractivity contribution is -0.384. The summed E-state index contributed by atoms with van der Waals surface area (Å²) in [5, 5.41) is 15.1. The van der Waals surface area contributed by atoms with Crippen LogP contribution >= 0.6 is 11.3 Å². The predicted molar refractivity (Wildman–Crippen MR) is 105 cm³/mol. The summed E-state index contributed by atoms with van der Waals surface area (Å²) in [5.41, 5.74) is 3.39. The average Bonchev–Trinajstić information content (AvgIpc) is 3.07. The number of aromatic nitrogens is 2. The SMILES string of the molecule is O=C(N/N=C/c1cccc([N+](=O)[O-])c1)c1nc2sc3c(c2c(=O)[nH]1)CCCC3. The van der Waals surface area contributed by atoms with E-state index >= 15 is 0 Å². The number of hydrogen-bond donors (Lipinski definition) is 2. The zero-order valence-electron chi connectivity index (χ0n) is 14.6. The van der Waals surface area contributed by atoms with Crippen molar-refractivity contribution in [1.29, 1.82) is 0 Å². The first-order chi connectivity index (χ1) is 13.5. The van der Waals surface area contributed by atoms with E-state index in [0.29, 0.717) is 15.8 Å². The molecule has 10 heteroatoms. The van der Waals surface area contributed by atoms with Gasteiger partial charge in [0.05, 0.1) is 16.5 Å². The molecule has 0 aliphatic heterocycles. The van der Waals surface area contributed by atoms with Crippen LogP contribution in [0.5, 0.6) is 0 Å². The molecule has 1 aliphatic rings. The molecule has 0 radical (unpaired) electrons.